The molecule has 5 rings (SSSR count). The number of benzene rings is 2. The molecule has 0 radical (unpaired) electrons. The van der Waals surface area contributed by atoms with E-state index in [0.717, 1.165) is 78.2 Å². The summed E-state index contributed by atoms with van der Waals surface area (Å²) in [6.45, 7) is 17.7. The molecule has 2 aliphatic rings. The van der Waals surface area contributed by atoms with E-state index in [2.05, 4.69) is 30.9 Å². The minimum atomic E-state index is -1.16. The molecule has 1 fully saturated rings. The second-order valence-corrected chi connectivity index (χ2v) is 14.4. The molecule has 3 aromatic rings. The van der Waals surface area contributed by atoms with Crippen LogP contribution in [0.25, 0.3) is 11.1 Å². The molecule has 1 saturated heterocycles. The van der Waals surface area contributed by atoms with E-state index < -0.39 is 17.7 Å². The number of rotatable bonds is 7. The van der Waals surface area contributed by atoms with Crippen molar-refractivity contribution in [1.29, 1.82) is 0 Å². The number of aryl methyl sites for hydroxylation is 4. The molecular weight excluding hydrogens is 555 g/mol. The molecule has 44 heavy (non-hydrogen) atoms. The number of hydrogen-bond acceptors (Lipinski definition) is 5. The summed E-state index contributed by atoms with van der Waals surface area (Å²) in [7, 11) is 0. The molecule has 236 valence electrons. The lowest BCUT2D eigenvalue weighted by Crippen LogP contribution is -2.39. The van der Waals surface area contributed by atoms with Gasteiger partial charge in [0.1, 0.15) is 17.7 Å². The van der Waals surface area contributed by atoms with Crippen molar-refractivity contribution in [3.63, 3.8) is 0 Å². The van der Waals surface area contributed by atoms with Crippen molar-refractivity contribution in [1.82, 2.24) is 4.98 Å². The van der Waals surface area contributed by atoms with Gasteiger partial charge in [-0.3, -0.25) is 4.98 Å². The smallest absolute Gasteiger partial charge is 0.337 e. The minimum Gasteiger partial charge on any atom is -0.490 e. The summed E-state index contributed by atoms with van der Waals surface area (Å²) in [4.78, 5) is 20.0. The molecule has 0 aliphatic carbocycles. The molecule has 1 unspecified atom stereocenters. The van der Waals surface area contributed by atoms with E-state index in [-0.39, 0.29) is 17.3 Å². The number of hydrogen-bond donors (Lipinski definition) is 1. The standard InChI is InChI=1S/C37H47FN2O4/c1-22-9-10-25(29(38)19-22)21-28-13-11-26-20-27(12-14-30(26)43-28)31-23(2)39-24(3)32(34(35(41)42)44-36(4,5)6)33(31)40-17-15-37(7,8)16-18-40/h9-10,12,14,19-20,28,34H,11,13,15-18,21H2,1-8H3,(H,41,42)/t28?,34-/m0/s1. The maximum atomic E-state index is 14.6. The monoisotopic (exact) mass is 602 g/mol. The van der Waals surface area contributed by atoms with E-state index in [9.17, 15) is 14.3 Å². The molecule has 1 aromatic heterocycles. The zero-order valence-corrected chi connectivity index (χ0v) is 27.5. The molecule has 0 amide bonds. The number of aliphatic carboxylic acids is 1. The van der Waals surface area contributed by atoms with Gasteiger partial charge >= 0.3 is 5.97 Å². The van der Waals surface area contributed by atoms with E-state index in [1.165, 1.54) is 0 Å². The number of carbonyl (C=O) groups is 1. The first-order valence-electron chi connectivity index (χ1n) is 15.8. The first-order chi connectivity index (χ1) is 20.6. The van der Waals surface area contributed by atoms with Gasteiger partial charge < -0.3 is 19.5 Å². The summed E-state index contributed by atoms with van der Waals surface area (Å²) in [5.41, 5.74) is 7.24. The van der Waals surface area contributed by atoms with Crippen LogP contribution in [0.15, 0.2) is 36.4 Å². The van der Waals surface area contributed by atoms with Gasteiger partial charge in [0.05, 0.1) is 11.3 Å². The van der Waals surface area contributed by atoms with Gasteiger partial charge in [-0.25, -0.2) is 9.18 Å². The van der Waals surface area contributed by atoms with E-state index >= 15 is 0 Å². The summed E-state index contributed by atoms with van der Waals surface area (Å²) in [6, 6.07) is 11.6. The van der Waals surface area contributed by atoms with Crippen LogP contribution in [0.5, 0.6) is 5.75 Å². The van der Waals surface area contributed by atoms with Crippen molar-refractivity contribution in [2.45, 2.75) is 105 Å². The molecule has 6 nitrogen and oxygen atoms in total. The molecular formula is C37H47FN2O4. The lowest BCUT2D eigenvalue weighted by molar-refractivity contribution is -0.160. The molecule has 2 aromatic carbocycles. The van der Waals surface area contributed by atoms with Crippen LogP contribution >= 0.6 is 0 Å². The van der Waals surface area contributed by atoms with E-state index in [0.29, 0.717) is 23.2 Å². The average molecular weight is 603 g/mol. The highest BCUT2D eigenvalue weighted by Crippen LogP contribution is 2.46. The highest BCUT2D eigenvalue weighted by Gasteiger charge is 2.36. The van der Waals surface area contributed by atoms with Gasteiger partial charge in [-0.05, 0) is 113 Å². The van der Waals surface area contributed by atoms with Gasteiger partial charge in [0.2, 0.25) is 0 Å². The Bertz CT molecular complexity index is 1550. The highest BCUT2D eigenvalue weighted by molar-refractivity contribution is 5.88. The van der Waals surface area contributed by atoms with Crippen LogP contribution in [-0.2, 0) is 22.4 Å². The van der Waals surface area contributed by atoms with Gasteiger partial charge in [0, 0.05) is 42.0 Å². The molecule has 1 N–H and O–H groups in total. The van der Waals surface area contributed by atoms with Crippen LogP contribution in [-0.4, -0.2) is 40.9 Å². The summed E-state index contributed by atoms with van der Waals surface area (Å²) < 4.78 is 27.2. The fourth-order valence-electron chi connectivity index (χ4n) is 6.56. The van der Waals surface area contributed by atoms with E-state index in [4.69, 9.17) is 14.5 Å². The zero-order chi connectivity index (χ0) is 32.0. The van der Waals surface area contributed by atoms with Crippen molar-refractivity contribution in [2.75, 3.05) is 18.0 Å². The summed E-state index contributed by atoms with van der Waals surface area (Å²) in [5.74, 6) is -0.388. The van der Waals surface area contributed by atoms with Crippen molar-refractivity contribution in [3.8, 4) is 16.9 Å². The Kier molecular flexibility index (Phi) is 8.83. The number of halogens is 1. The Labute approximate surface area is 261 Å². The first kappa shape index (κ1) is 32.0. The van der Waals surface area contributed by atoms with Crippen molar-refractivity contribution in [3.05, 3.63) is 75.9 Å². The van der Waals surface area contributed by atoms with Gasteiger partial charge in [-0.1, -0.05) is 32.0 Å². The molecule has 0 bridgehead atoms. The van der Waals surface area contributed by atoms with Crippen LogP contribution in [0.2, 0.25) is 0 Å². The third kappa shape index (κ3) is 6.93. The predicted molar refractivity (Wildman–Crippen MR) is 173 cm³/mol. The molecule has 7 heteroatoms. The second-order valence-electron chi connectivity index (χ2n) is 14.4. The van der Waals surface area contributed by atoms with Crippen LogP contribution in [0, 0.1) is 32.0 Å². The summed E-state index contributed by atoms with van der Waals surface area (Å²) in [6.07, 6.45) is 2.88. The number of pyridine rings is 1. The van der Waals surface area contributed by atoms with Crippen LogP contribution in [0.3, 0.4) is 0 Å². The normalized spacial score (nSPS) is 18.8. The molecule has 0 saturated carbocycles. The first-order valence-corrected chi connectivity index (χ1v) is 15.8. The molecule has 3 heterocycles. The quantitative estimate of drug-likeness (QED) is 0.293. The molecule has 0 spiro atoms. The lowest BCUT2D eigenvalue weighted by Gasteiger charge is -2.41. The van der Waals surface area contributed by atoms with Crippen molar-refractivity contribution < 1.29 is 23.8 Å². The zero-order valence-electron chi connectivity index (χ0n) is 27.5. The van der Waals surface area contributed by atoms with Crippen LogP contribution < -0.4 is 9.64 Å². The average Bonchev–Trinajstić information content (AvgIpc) is 2.92. The Morgan fingerprint density at radius 1 is 1.11 bits per heavy atom. The topological polar surface area (TPSA) is 71.9 Å². The SMILES string of the molecule is Cc1ccc(CC2CCc3cc(-c4c(C)nc(C)c([C@H](OC(C)(C)C)C(=O)O)c4N4CCC(C)(C)CC4)ccc3O2)c(F)c1. The van der Waals surface area contributed by atoms with Crippen LogP contribution in [0.4, 0.5) is 10.1 Å². The van der Waals surface area contributed by atoms with Crippen LogP contribution in [0.1, 0.15) is 93.6 Å². The number of carboxylic acids is 1. The Morgan fingerprint density at radius 2 is 1.82 bits per heavy atom. The molecule has 2 atom stereocenters. The van der Waals surface area contributed by atoms with Gasteiger partial charge in [-0.15, -0.1) is 0 Å². The number of nitrogens with zero attached hydrogens (tertiary/aromatic N) is 2. The number of anilines is 1. The second kappa shape index (κ2) is 12.2. The van der Waals surface area contributed by atoms with Crippen molar-refractivity contribution >= 4 is 11.7 Å². The Hall–Kier alpha value is -3.45. The number of fused-ring (bicyclic) bond motifs is 1. The summed E-state index contributed by atoms with van der Waals surface area (Å²) >= 11 is 0. The maximum Gasteiger partial charge on any atom is 0.337 e. The number of aromatic nitrogens is 1. The van der Waals surface area contributed by atoms with Gasteiger partial charge in [0.25, 0.3) is 0 Å². The lowest BCUT2D eigenvalue weighted by atomic mass is 9.81. The number of ether oxygens (including phenoxy) is 2. The third-order valence-electron chi connectivity index (χ3n) is 9.00. The number of carboxylic acid groups (broad SMARTS) is 1. The van der Waals surface area contributed by atoms with E-state index in [1.54, 1.807) is 6.07 Å². The molecule has 2 aliphatic heterocycles. The Morgan fingerprint density at radius 3 is 2.45 bits per heavy atom. The van der Waals surface area contributed by atoms with E-state index in [1.807, 2.05) is 59.7 Å². The largest absolute Gasteiger partial charge is 0.490 e. The minimum absolute atomic E-state index is 0.0990. The maximum absolute atomic E-state index is 14.6. The van der Waals surface area contributed by atoms with Gasteiger partial charge in [0.15, 0.2) is 6.10 Å². The fourth-order valence-corrected chi connectivity index (χ4v) is 6.56. The predicted octanol–water partition coefficient (Wildman–Crippen LogP) is 8.32. The van der Waals surface area contributed by atoms with Gasteiger partial charge in [-0.2, -0.15) is 0 Å². The fraction of sp³-hybridized carbons (Fsp3) is 0.514. The highest BCUT2D eigenvalue weighted by atomic mass is 19.1. The third-order valence-corrected chi connectivity index (χ3v) is 9.00. The Balaban J connectivity index is 1.56. The van der Waals surface area contributed by atoms with Crippen molar-refractivity contribution in [2.24, 2.45) is 5.41 Å². The summed E-state index contributed by atoms with van der Waals surface area (Å²) in [5, 5.41) is 10.5. The number of piperidine rings is 1.